The summed E-state index contributed by atoms with van der Waals surface area (Å²) >= 11 is 0. The molecule has 0 unspecified atom stereocenters. The molecule has 2 N–H and O–H groups in total. The smallest absolute Gasteiger partial charge is 0.386 e. The molecule has 0 amide bonds. The number of rotatable bonds is 7. The lowest BCUT2D eigenvalue weighted by atomic mass is 9.96. The number of nitrogens with one attached hydrogen (secondary N) is 1. The zero-order valence-electron chi connectivity index (χ0n) is 21.9. The van der Waals surface area contributed by atoms with E-state index in [0.29, 0.717) is 41.0 Å². The largest absolute Gasteiger partial charge is 0.416 e. The molecule has 0 bridgehead atoms. The van der Waals surface area contributed by atoms with Crippen molar-refractivity contribution in [2.24, 2.45) is 5.92 Å². The fourth-order valence-corrected chi connectivity index (χ4v) is 4.88. The third-order valence-corrected chi connectivity index (χ3v) is 6.82. The molecule has 8 nitrogen and oxygen atoms in total. The summed E-state index contributed by atoms with van der Waals surface area (Å²) in [6, 6.07) is 6.83. The minimum Gasteiger partial charge on any atom is -0.386 e. The highest BCUT2D eigenvalue weighted by atomic mass is 19.4. The number of aliphatic hydroxyl groups is 1. The Bertz CT molecular complexity index is 1480. The van der Waals surface area contributed by atoms with Gasteiger partial charge in [0.15, 0.2) is 5.82 Å². The Hall–Kier alpha value is -3.73. The summed E-state index contributed by atoms with van der Waals surface area (Å²) in [6.45, 7) is 9.77. The van der Waals surface area contributed by atoms with Gasteiger partial charge in [-0.25, -0.2) is 19.3 Å². The summed E-state index contributed by atoms with van der Waals surface area (Å²) in [5.41, 5.74) is 2.51. The van der Waals surface area contributed by atoms with Gasteiger partial charge in [-0.15, -0.1) is 0 Å². The summed E-state index contributed by atoms with van der Waals surface area (Å²) < 4.78 is 42.7. The van der Waals surface area contributed by atoms with E-state index in [4.69, 9.17) is 5.10 Å². The molecule has 1 fully saturated rings. The molecule has 3 heterocycles. The molecule has 1 aliphatic carbocycles. The van der Waals surface area contributed by atoms with Crippen molar-refractivity contribution < 1.29 is 18.3 Å². The van der Waals surface area contributed by atoms with Gasteiger partial charge in [-0.1, -0.05) is 12.1 Å². The van der Waals surface area contributed by atoms with E-state index in [2.05, 4.69) is 20.4 Å². The average molecular weight is 526 g/mol. The maximum atomic E-state index is 13.1. The number of alkyl halides is 3. The number of aryl methyl sites for hydroxylation is 1. The van der Waals surface area contributed by atoms with Crippen LogP contribution >= 0.6 is 0 Å². The summed E-state index contributed by atoms with van der Waals surface area (Å²) in [4.78, 5) is 8.77. The van der Waals surface area contributed by atoms with Crippen LogP contribution in [0.15, 0.2) is 36.7 Å². The first-order valence-electron chi connectivity index (χ1n) is 12.5. The number of halogens is 3. The van der Waals surface area contributed by atoms with Crippen LogP contribution in [-0.2, 0) is 18.3 Å². The van der Waals surface area contributed by atoms with Crippen molar-refractivity contribution in [3.63, 3.8) is 0 Å². The van der Waals surface area contributed by atoms with E-state index in [1.54, 1.807) is 24.6 Å². The molecule has 4 aromatic rings. The number of anilines is 2. The molecule has 38 heavy (non-hydrogen) atoms. The van der Waals surface area contributed by atoms with E-state index in [1.807, 2.05) is 25.5 Å². The summed E-state index contributed by atoms with van der Waals surface area (Å²) in [5, 5.41) is 23.3. The fraction of sp³-hybridized carbons (Fsp3) is 0.407. The Kier molecular flexibility index (Phi) is 6.29. The predicted molar refractivity (Wildman–Crippen MR) is 137 cm³/mol. The van der Waals surface area contributed by atoms with Crippen molar-refractivity contribution in [1.82, 2.24) is 29.5 Å². The Morgan fingerprint density at radius 2 is 1.71 bits per heavy atom. The number of aromatic nitrogens is 6. The molecule has 0 radical (unpaired) electrons. The van der Waals surface area contributed by atoms with Crippen molar-refractivity contribution >= 4 is 11.6 Å². The maximum absolute atomic E-state index is 13.1. The third kappa shape index (κ3) is 5.02. The molecule has 1 aliphatic rings. The van der Waals surface area contributed by atoms with Crippen LogP contribution in [0.3, 0.4) is 0 Å². The zero-order valence-corrected chi connectivity index (χ0v) is 21.9. The quantitative estimate of drug-likeness (QED) is 0.314. The van der Waals surface area contributed by atoms with Crippen molar-refractivity contribution in [3.05, 3.63) is 64.7 Å². The minimum absolute atomic E-state index is 0.520. The molecule has 0 aliphatic heterocycles. The van der Waals surface area contributed by atoms with E-state index in [0.717, 1.165) is 47.6 Å². The lowest BCUT2D eigenvalue weighted by Gasteiger charge is -2.18. The third-order valence-electron chi connectivity index (χ3n) is 6.82. The summed E-state index contributed by atoms with van der Waals surface area (Å²) in [7, 11) is 0. The average Bonchev–Trinajstić information content (AvgIpc) is 3.53. The topological polar surface area (TPSA) is 93.7 Å². The van der Waals surface area contributed by atoms with Crippen molar-refractivity contribution in [1.29, 1.82) is 0 Å². The number of nitrogens with zero attached hydrogens (tertiary/aromatic N) is 6. The lowest BCUT2D eigenvalue weighted by Crippen LogP contribution is -2.18. The first-order valence-corrected chi connectivity index (χ1v) is 12.5. The minimum atomic E-state index is -4.39. The molecule has 1 aromatic carbocycles. The van der Waals surface area contributed by atoms with Gasteiger partial charge in [0.2, 0.25) is 0 Å². The van der Waals surface area contributed by atoms with Crippen LogP contribution in [0.2, 0.25) is 0 Å². The molecule has 0 saturated heterocycles. The van der Waals surface area contributed by atoms with Crippen molar-refractivity contribution in [3.8, 4) is 17.1 Å². The first-order chi connectivity index (χ1) is 17.8. The van der Waals surface area contributed by atoms with Crippen LogP contribution in [0.4, 0.5) is 24.8 Å². The van der Waals surface area contributed by atoms with Gasteiger partial charge in [0.25, 0.3) is 0 Å². The van der Waals surface area contributed by atoms with E-state index in [-0.39, 0.29) is 0 Å². The van der Waals surface area contributed by atoms with Crippen molar-refractivity contribution in [2.75, 3.05) is 5.32 Å². The van der Waals surface area contributed by atoms with Crippen LogP contribution in [0, 0.1) is 26.7 Å². The Labute approximate surface area is 218 Å². The normalized spacial score (nSPS) is 14.2. The molecule has 11 heteroatoms. The second-order valence-corrected chi connectivity index (χ2v) is 10.4. The molecule has 0 atom stereocenters. The van der Waals surface area contributed by atoms with E-state index in [1.165, 1.54) is 18.5 Å². The Morgan fingerprint density at radius 3 is 2.29 bits per heavy atom. The molecular weight excluding hydrogens is 495 g/mol. The molecule has 3 aromatic heterocycles. The first kappa shape index (κ1) is 25.9. The highest BCUT2D eigenvalue weighted by Gasteiger charge is 2.31. The van der Waals surface area contributed by atoms with E-state index >= 15 is 0 Å². The molecule has 200 valence electrons. The number of hydrogen-bond acceptors (Lipinski definition) is 6. The van der Waals surface area contributed by atoms with Crippen LogP contribution in [0.5, 0.6) is 0 Å². The van der Waals surface area contributed by atoms with E-state index in [9.17, 15) is 18.3 Å². The zero-order chi connectivity index (χ0) is 27.4. The summed E-state index contributed by atoms with van der Waals surface area (Å²) in [6.07, 6.45) is -0.721. The lowest BCUT2D eigenvalue weighted by molar-refractivity contribution is -0.137. The van der Waals surface area contributed by atoms with Gasteiger partial charge in [-0.2, -0.15) is 23.4 Å². The van der Waals surface area contributed by atoms with E-state index < -0.39 is 17.3 Å². The Balaban J connectivity index is 1.50. The molecular formula is C27H30F3N7O. The summed E-state index contributed by atoms with van der Waals surface area (Å²) in [5.74, 6) is 2.30. The maximum Gasteiger partial charge on any atom is 0.416 e. The van der Waals surface area contributed by atoms with Crippen LogP contribution in [-0.4, -0.2) is 34.6 Å². The van der Waals surface area contributed by atoms with Crippen LogP contribution in [0.1, 0.15) is 54.8 Å². The standard InChI is InChI=1S/C27H30F3N7O/c1-15-24(19-8-10-20(11-9-19)27(28,29)30)35-36(13-18-6-7-18)25(15)33-21-12-22(32-14-31-21)37-17(3)23(16(2)34-37)26(4,5)38/h8-12,14,18,38H,6-7,13H2,1-5H3,(H,31,32,33). The van der Waals surface area contributed by atoms with Gasteiger partial charge in [0.1, 0.15) is 18.0 Å². The highest BCUT2D eigenvalue weighted by molar-refractivity contribution is 5.71. The Morgan fingerprint density at radius 1 is 1.03 bits per heavy atom. The molecule has 0 spiro atoms. The van der Waals surface area contributed by atoms with Gasteiger partial charge in [0.05, 0.1) is 22.6 Å². The van der Waals surface area contributed by atoms with Crippen molar-refractivity contribution in [2.45, 2.75) is 65.8 Å². The number of benzene rings is 1. The monoisotopic (exact) mass is 525 g/mol. The van der Waals surface area contributed by atoms with Crippen LogP contribution in [0.25, 0.3) is 17.1 Å². The highest BCUT2D eigenvalue weighted by Crippen LogP contribution is 2.37. The van der Waals surface area contributed by atoms with Crippen LogP contribution < -0.4 is 5.32 Å². The van der Waals surface area contributed by atoms with Gasteiger partial charge in [-0.05, 0) is 65.5 Å². The van der Waals surface area contributed by atoms with Gasteiger partial charge in [-0.3, -0.25) is 0 Å². The molecule has 1 saturated carbocycles. The fourth-order valence-electron chi connectivity index (χ4n) is 4.88. The molecule has 5 rings (SSSR count). The van der Waals surface area contributed by atoms with Gasteiger partial charge < -0.3 is 10.4 Å². The predicted octanol–water partition coefficient (Wildman–Crippen LogP) is 5.85. The number of hydrogen-bond donors (Lipinski definition) is 2. The second kappa shape index (κ2) is 9.23. The SMILES string of the molecule is Cc1nn(-c2cc(Nc3c(C)c(-c4ccc(C(F)(F)F)cc4)nn3CC3CC3)ncn2)c(C)c1C(C)(C)O. The second-order valence-electron chi connectivity index (χ2n) is 10.4. The van der Waals surface area contributed by atoms with Gasteiger partial charge in [0, 0.05) is 35.0 Å². The van der Waals surface area contributed by atoms with Gasteiger partial charge >= 0.3 is 6.18 Å².